The van der Waals surface area contributed by atoms with Crippen LogP contribution in [0.25, 0.3) is 10.4 Å². The zero-order chi connectivity index (χ0) is 30.1. The molecule has 4 heterocycles. The molecule has 0 radical (unpaired) electrons. The smallest absolute Gasteiger partial charge is 0.430 e. The summed E-state index contributed by atoms with van der Waals surface area (Å²) in [4.78, 5) is 45.4. The number of β-lactam (4-membered cyclic amide) rings is 1. The molecular formula is C28H29N3O9S2. The number of aliphatic hydroxyl groups is 1. The normalized spacial score (nSPS) is 23.4. The van der Waals surface area contributed by atoms with E-state index in [0.717, 1.165) is 28.7 Å². The van der Waals surface area contributed by atoms with Gasteiger partial charge in [0.25, 0.3) is 0 Å². The standard InChI is InChI=1S/C28H29N3O9S2/c1-13-20(19-11-30-12-29-24(26(30)41-19)42(4,36)37)23(31-22(13)21(14(2)32)25(31)33)27(34)38-15(3)39-28(35)40-18-9-16-7-5-6-8-17(16)10-18/h5-8,11-15,18,21-22,32H,9-10H2,1-4H3/t13-,14+,15?,21+,22+/m0/s1. The third-order valence-corrected chi connectivity index (χ3v) is 10.2. The number of carbonyl (C=O) groups is 3. The Labute approximate surface area is 245 Å². The molecule has 222 valence electrons. The van der Waals surface area contributed by atoms with Gasteiger partial charge in [0.2, 0.25) is 12.2 Å². The van der Waals surface area contributed by atoms with E-state index in [9.17, 15) is 27.9 Å². The summed E-state index contributed by atoms with van der Waals surface area (Å²) in [6, 6.07) is 7.28. The lowest BCUT2D eigenvalue weighted by Crippen LogP contribution is -2.63. The molecule has 0 saturated carbocycles. The summed E-state index contributed by atoms with van der Waals surface area (Å²) in [5, 5.41) is 10.2. The van der Waals surface area contributed by atoms with E-state index in [1.165, 1.54) is 25.1 Å². The van der Waals surface area contributed by atoms with Crippen LogP contribution in [0.2, 0.25) is 0 Å². The van der Waals surface area contributed by atoms with Crippen molar-refractivity contribution >= 4 is 49.6 Å². The van der Waals surface area contributed by atoms with E-state index < -0.39 is 64.2 Å². The summed E-state index contributed by atoms with van der Waals surface area (Å²) in [6.07, 6.45) is 1.53. The van der Waals surface area contributed by atoms with Crippen molar-refractivity contribution in [2.24, 2.45) is 11.8 Å². The number of hydrogen-bond donors (Lipinski definition) is 1. The van der Waals surface area contributed by atoms with E-state index >= 15 is 0 Å². The van der Waals surface area contributed by atoms with E-state index in [2.05, 4.69) is 4.98 Å². The number of benzene rings is 1. The zero-order valence-electron chi connectivity index (χ0n) is 23.2. The Hall–Kier alpha value is -3.75. The van der Waals surface area contributed by atoms with Gasteiger partial charge in [0.05, 0.1) is 22.9 Å². The van der Waals surface area contributed by atoms with Crippen LogP contribution in [0.1, 0.15) is 36.8 Å². The van der Waals surface area contributed by atoms with Crippen molar-refractivity contribution in [1.82, 2.24) is 14.3 Å². The molecule has 1 unspecified atom stereocenters. The van der Waals surface area contributed by atoms with Crippen LogP contribution >= 0.6 is 11.3 Å². The molecule has 1 saturated heterocycles. The highest BCUT2D eigenvalue weighted by Gasteiger charge is 2.60. The molecule has 42 heavy (non-hydrogen) atoms. The number of rotatable bonds is 7. The first-order chi connectivity index (χ1) is 19.8. The van der Waals surface area contributed by atoms with Crippen molar-refractivity contribution in [2.45, 2.75) is 63.2 Å². The van der Waals surface area contributed by atoms with Gasteiger partial charge in [-0.05, 0) is 18.1 Å². The van der Waals surface area contributed by atoms with Gasteiger partial charge in [0.1, 0.15) is 23.0 Å². The molecule has 12 nitrogen and oxygen atoms in total. The minimum atomic E-state index is -3.62. The first-order valence-corrected chi connectivity index (χ1v) is 16.1. The number of esters is 1. The minimum absolute atomic E-state index is 0.0390. The number of imidazole rings is 1. The zero-order valence-corrected chi connectivity index (χ0v) is 24.8. The average molecular weight is 616 g/mol. The second-order valence-corrected chi connectivity index (χ2v) is 13.9. The van der Waals surface area contributed by atoms with Crippen LogP contribution in [0.3, 0.4) is 0 Å². The summed E-state index contributed by atoms with van der Waals surface area (Å²) >= 11 is 1.11. The fraction of sp³-hybridized carbons (Fsp3) is 0.429. The predicted molar refractivity (Wildman–Crippen MR) is 149 cm³/mol. The fourth-order valence-electron chi connectivity index (χ4n) is 6.17. The Balaban J connectivity index is 1.24. The lowest BCUT2D eigenvalue weighted by atomic mass is 9.77. The highest BCUT2D eigenvalue weighted by molar-refractivity contribution is 7.91. The van der Waals surface area contributed by atoms with Gasteiger partial charge in [-0.3, -0.25) is 9.20 Å². The van der Waals surface area contributed by atoms with Gasteiger partial charge >= 0.3 is 12.1 Å². The number of aliphatic hydroxyl groups excluding tert-OH is 1. The maximum absolute atomic E-state index is 13.6. The summed E-state index contributed by atoms with van der Waals surface area (Å²) in [5.74, 6) is -2.45. The quantitative estimate of drug-likeness (QED) is 0.238. The SMILES string of the molecule is CC(OC(=O)OC1Cc2ccccc2C1)OC(=O)C1=C(c2cn3cnc(S(C)(=O)=O)c3s2)[C@H](C)[C@@H]2[C@@H]([C@@H](C)O)C(=O)N12. The highest BCUT2D eigenvalue weighted by atomic mass is 32.2. The Morgan fingerprint density at radius 3 is 2.43 bits per heavy atom. The monoisotopic (exact) mass is 615 g/mol. The van der Waals surface area contributed by atoms with Crippen molar-refractivity contribution in [2.75, 3.05) is 6.26 Å². The molecule has 1 fully saturated rings. The molecule has 1 aromatic carbocycles. The van der Waals surface area contributed by atoms with Gasteiger partial charge in [0, 0.05) is 43.7 Å². The number of fused-ring (bicyclic) bond motifs is 3. The Kier molecular flexibility index (Phi) is 6.90. The molecule has 14 heteroatoms. The van der Waals surface area contributed by atoms with Crippen LogP contribution in [0.5, 0.6) is 0 Å². The molecule has 5 atom stereocenters. The maximum Gasteiger partial charge on any atom is 0.511 e. The number of carbonyl (C=O) groups excluding carboxylic acids is 3. The van der Waals surface area contributed by atoms with Gasteiger partial charge in [-0.2, -0.15) is 0 Å². The Bertz CT molecular complexity index is 1730. The third kappa shape index (κ3) is 4.67. The first kappa shape index (κ1) is 28.4. The summed E-state index contributed by atoms with van der Waals surface area (Å²) in [7, 11) is -3.62. The van der Waals surface area contributed by atoms with Gasteiger partial charge in [-0.1, -0.05) is 31.2 Å². The van der Waals surface area contributed by atoms with Gasteiger partial charge in [-0.25, -0.2) is 23.0 Å². The predicted octanol–water partition coefficient (Wildman–Crippen LogP) is 2.58. The molecule has 2 aliphatic heterocycles. The number of ether oxygens (including phenoxy) is 3. The lowest BCUT2D eigenvalue weighted by Gasteiger charge is -2.46. The molecule has 1 amide bonds. The lowest BCUT2D eigenvalue weighted by molar-refractivity contribution is -0.174. The van der Waals surface area contributed by atoms with E-state index in [4.69, 9.17) is 14.2 Å². The largest absolute Gasteiger partial charge is 0.511 e. The number of nitrogens with zero attached hydrogens (tertiary/aromatic N) is 3. The van der Waals surface area contributed by atoms with Crippen LogP contribution in [0.4, 0.5) is 4.79 Å². The van der Waals surface area contributed by atoms with Crippen LogP contribution in [-0.4, -0.2) is 76.6 Å². The highest BCUT2D eigenvalue weighted by Crippen LogP contribution is 2.52. The second-order valence-electron chi connectivity index (χ2n) is 10.9. The number of sulfone groups is 1. The van der Waals surface area contributed by atoms with Crippen LogP contribution in [-0.2, 0) is 46.5 Å². The maximum atomic E-state index is 13.6. The molecule has 1 N–H and O–H groups in total. The average Bonchev–Trinajstić information content (AvgIpc) is 3.62. The van der Waals surface area contributed by atoms with Crippen molar-refractivity contribution < 1.29 is 42.1 Å². The van der Waals surface area contributed by atoms with Crippen molar-refractivity contribution in [1.29, 1.82) is 0 Å². The van der Waals surface area contributed by atoms with Gasteiger partial charge in [-0.15, -0.1) is 11.3 Å². The molecular weight excluding hydrogens is 586 g/mol. The molecule has 0 spiro atoms. The molecule has 1 aliphatic carbocycles. The Morgan fingerprint density at radius 1 is 1.14 bits per heavy atom. The topological polar surface area (TPSA) is 154 Å². The molecule has 0 bridgehead atoms. The molecule has 3 aliphatic rings. The number of thiazole rings is 1. The van der Waals surface area contributed by atoms with Crippen LogP contribution in [0.15, 0.2) is 47.5 Å². The summed E-state index contributed by atoms with van der Waals surface area (Å²) in [5.41, 5.74) is 2.62. The molecule has 3 aromatic rings. The number of amides is 1. The van der Waals surface area contributed by atoms with Crippen molar-refractivity contribution in [3.05, 3.63) is 58.5 Å². The van der Waals surface area contributed by atoms with Crippen LogP contribution in [0, 0.1) is 11.8 Å². The second kappa shape index (κ2) is 10.2. The first-order valence-electron chi connectivity index (χ1n) is 13.4. The van der Waals surface area contributed by atoms with E-state index in [-0.39, 0.29) is 10.7 Å². The van der Waals surface area contributed by atoms with Crippen molar-refractivity contribution in [3.8, 4) is 0 Å². The Morgan fingerprint density at radius 2 is 1.81 bits per heavy atom. The van der Waals surface area contributed by atoms with Gasteiger partial charge < -0.3 is 24.2 Å². The minimum Gasteiger partial charge on any atom is -0.430 e. The van der Waals surface area contributed by atoms with Gasteiger partial charge in [0.15, 0.2) is 14.9 Å². The van der Waals surface area contributed by atoms with E-state index in [1.54, 1.807) is 10.6 Å². The molecule has 2 aromatic heterocycles. The fourth-order valence-corrected chi connectivity index (χ4v) is 8.52. The summed E-state index contributed by atoms with van der Waals surface area (Å²) in [6.45, 7) is 4.72. The van der Waals surface area contributed by atoms with E-state index in [1.807, 2.05) is 31.2 Å². The van der Waals surface area contributed by atoms with E-state index in [0.29, 0.717) is 28.1 Å². The van der Waals surface area contributed by atoms with Crippen molar-refractivity contribution in [3.63, 3.8) is 0 Å². The van der Waals surface area contributed by atoms with Crippen LogP contribution < -0.4 is 0 Å². The molecule has 6 rings (SSSR count). The number of hydrogen-bond acceptors (Lipinski definition) is 11. The third-order valence-electron chi connectivity index (χ3n) is 7.97. The summed E-state index contributed by atoms with van der Waals surface area (Å²) < 4.78 is 42.2. The number of aromatic nitrogens is 2.